The number of hydrogen-bond donors (Lipinski definition) is 1. The molecule has 0 saturated carbocycles. The Hall–Kier alpha value is -1.35. The van der Waals surface area contributed by atoms with Gasteiger partial charge >= 0.3 is 0 Å². The van der Waals surface area contributed by atoms with Gasteiger partial charge in [-0.25, -0.2) is 0 Å². The number of likely N-dealkylation sites (tertiary alicyclic amines) is 1. The summed E-state index contributed by atoms with van der Waals surface area (Å²) in [7, 11) is 0. The van der Waals surface area contributed by atoms with Crippen LogP contribution in [0.5, 0.6) is 0 Å². The summed E-state index contributed by atoms with van der Waals surface area (Å²) in [5, 5.41) is 3.41. The molecule has 2 fully saturated rings. The molecule has 2 saturated heterocycles. The first-order valence-electron chi connectivity index (χ1n) is 7.39. The molecule has 0 aliphatic carbocycles. The van der Waals surface area contributed by atoms with Gasteiger partial charge in [0.2, 0.25) is 5.91 Å². The third-order valence-corrected chi connectivity index (χ3v) is 4.40. The van der Waals surface area contributed by atoms with Crippen LogP contribution in [0.2, 0.25) is 0 Å². The van der Waals surface area contributed by atoms with Gasteiger partial charge in [0.25, 0.3) is 0 Å². The summed E-state index contributed by atoms with van der Waals surface area (Å²) in [6.45, 7) is 2.89. The van der Waals surface area contributed by atoms with Crippen molar-refractivity contribution in [2.75, 3.05) is 19.6 Å². The molecule has 0 bridgehead atoms. The van der Waals surface area contributed by atoms with Gasteiger partial charge < -0.3 is 10.2 Å². The van der Waals surface area contributed by atoms with Crippen molar-refractivity contribution in [2.24, 2.45) is 0 Å². The van der Waals surface area contributed by atoms with E-state index in [1.54, 1.807) is 0 Å². The molecule has 2 unspecified atom stereocenters. The minimum atomic E-state index is 0.331. The van der Waals surface area contributed by atoms with Gasteiger partial charge in [0.05, 0.1) is 0 Å². The zero-order valence-corrected chi connectivity index (χ0v) is 11.3. The maximum atomic E-state index is 12.3. The van der Waals surface area contributed by atoms with E-state index in [0.717, 1.165) is 32.5 Å². The van der Waals surface area contributed by atoms with Gasteiger partial charge in [-0.1, -0.05) is 30.3 Å². The van der Waals surface area contributed by atoms with Crippen molar-refractivity contribution < 1.29 is 4.79 Å². The minimum absolute atomic E-state index is 0.331. The fourth-order valence-corrected chi connectivity index (χ4v) is 3.25. The van der Waals surface area contributed by atoms with Gasteiger partial charge in [0.1, 0.15) is 0 Å². The molecule has 2 atom stereocenters. The zero-order valence-electron chi connectivity index (χ0n) is 11.3. The lowest BCUT2D eigenvalue weighted by atomic mass is 9.99. The van der Waals surface area contributed by atoms with Crippen LogP contribution in [-0.4, -0.2) is 36.5 Å². The predicted molar refractivity (Wildman–Crippen MR) is 76.0 cm³/mol. The van der Waals surface area contributed by atoms with E-state index in [1.807, 2.05) is 6.07 Å². The first-order chi connectivity index (χ1) is 9.33. The Morgan fingerprint density at radius 3 is 2.84 bits per heavy atom. The molecular weight excluding hydrogens is 236 g/mol. The van der Waals surface area contributed by atoms with Crippen molar-refractivity contribution in [1.29, 1.82) is 0 Å². The second-order valence-electron chi connectivity index (χ2n) is 5.73. The molecule has 2 heterocycles. The molecule has 1 N–H and O–H groups in total. The van der Waals surface area contributed by atoms with Crippen LogP contribution >= 0.6 is 0 Å². The number of nitrogens with zero attached hydrogens (tertiary/aromatic N) is 1. The Morgan fingerprint density at radius 1 is 1.26 bits per heavy atom. The molecule has 3 rings (SSSR count). The monoisotopic (exact) mass is 258 g/mol. The second kappa shape index (κ2) is 5.74. The highest BCUT2D eigenvalue weighted by molar-refractivity contribution is 5.77. The molecule has 0 radical (unpaired) electrons. The van der Waals surface area contributed by atoms with E-state index in [0.29, 0.717) is 24.3 Å². The largest absolute Gasteiger partial charge is 0.342 e. The number of hydrogen-bond acceptors (Lipinski definition) is 2. The van der Waals surface area contributed by atoms with Crippen LogP contribution in [0.4, 0.5) is 0 Å². The molecule has 1 aromatic rings. The van der Waals surface area contributed by atoms with Crippen molar-refractivity contribution in [3.63, 3.8) is 0 Å². The number of carbonyl (C=O) groups excluding carboxylic acids is 1. The lowest BCUT2D eigenvalue weighted by Gasteiger charge is -2.19. The number of benzene rings is 1. The SMILES string of the molecule is O=C(CC1CCCN1)N1CCC(c2ccccc2)C1. The number of rotatable bonds is 3. The second-order valence-corrected chi connectivity index (χ2v) is 5.73. The van der Waals surface area contributed by atoms with Gasteiger partial charge in [-0.2, -0.15) is 0 Å². The third-order valence-electron chi connectivity index (χ3n) is 4.40. The summed E-state index contributed by atoms with van der Waals surface area (Å²) in [5.41, 5.74) is 1.37. The van der Waals surface area contributed by atoms with E-state index in [9.17, 15) is 4.79 Å². The highest BCUT2D eigenvalue weighted by Crippen LogP contribution is 2.27. The molecule has 1 aromatic carbocycles. The normalized spacial score (nSPS) is 26.8. The van der Waals surface area contributed by atoms with Gasteiger partial charge in [-0.05, 0) is 31.4 Å². The van der Waals surface area contributed by atoms with E-state index < -0.39 is 0 Å². The van der Waals surface area contributed by atoms with Gasteiger partial charge in [-0.3, -0.25) is 4.79 Å². The van der Waals surface area contributed by atoms with E-state index in [2.05, 4.69) is 34.5 Å². The molecule has 1 amide bonds. The van der Waals surface area contributed by atoms with Crippen LogP contribution < -0.4 is 5.32 Å². The van der Waals surface area contributed by atoms with Crippen molar-refractivity contribution >= 4 is 5.91 Å². The number of carbonyl (C=O) groups is 1. The highest BCUT2D eigenvalue weighted by Gasteiger charge is 2.28. The first-order valence-corrected chi connectivity index (χ1v) is 7.39. The lowest BCUT2D eigenvalue weighted by molar-refractivity contribution is -0.130. The van der Waals surface area contributed by atoms with Crippen molar-refractivity contribution in [3.8, 4) is 0 Å². The van der Waals surface area contributed by atoms with Crippen LogP contribution in [0.3, 0.4) is 0 Å². The third kappa shape index (κ3) is 2.98. The Morgan fingerprint density at radius 2 is 2.11 bits per heavy atom. The number of amides is 1. The van der Waals surface area contributed by atoms with Crippen LogP contribution in [0.1, 0.15) is 37.2 Å². The van der Waals surface area contributed by atoms with Gasteiger partial charge in [0, 0.05) is 31.5 Å². The summed E-state index contributed by atoms with van der Waals surface area (Å²) in [6.07, 6.45) is 4.15. The maximum absolute atomic E-state index is 12.3. The van der Waals surface area contributed by atoms with Gasteiger partial charge in [-0.15, -0.1) is 0 Å². The Labute approximate surface area is 115 Å². The molecule has 2 aliphatic rings. The Balaban J connectivity index is 1.55. The highest BCUT2D eigenvalue weighted by atomic mass is 16.2. The molecule has 19 heavy (non-hydrogen) atoms. The average molecular weight is 258 g/mol. The lowest BCUT2D eigenvalue weighted by Crippen LogP contribution is -2.34. The van der Waals surface area contributed by atoms with E-state index in [-0.39, 0.29) is 0 Å². The zero-order chi connectivity index (χ0) is 13.1. The molecule has 2 aliphatic heterocycles. The summed E-state index contributed by atoms with van der Waals surface area (Å²) >= 11 is 0. The topological polar surface area (TPSA) is 32.3 Å². The molecule has 102 valence electrons. The Bertz CT molecular complexity index is 426. The summed E-state index contributed by atoms with van der Waals surface area (Å²) in [4.78, 5) is 14.3. The van der Waals surface area contributed by atoms with Crippen LogP contribution in [0.25, 0.3) is 0 Å². The molecule has 0 spiro atoms. The van der Waals surface area contributed by atoms with Crippen LogP contribution in [-0.2, 0) is 4.79 Å². The number of nitrogens with one attached hydrogen (secondary N) is 1. The van der Waals surface area contributed by atoms with Crippen molar-refractivity contribution in [2.45, 2.75) is 37.6 Å². The van der Waals surface area contributed by atoms with Crippen LogP contribution in [0, 0.1) is 0 Å². The smallest absolute Gasteiger partial charge is 0.224 e. The Kier molecular flexibility index (Phi) is 3.83. The quantitative estimate of drug-likeness (QED) is 0.901. The van der Waals surface area contributed by atoms with E-state index in [1.165, 1.54) is 12.0 Å². The summed E-state index contributed by atoms with van der Waals surface area (Å²) < 4.78 is 0. The average Bonchev–Trinajstić information content (AvgIpc) is 3.10. The minimum Gasteiger partial charge on any atom is -0.342 e. The predicted octanol–water partition coefficient (Wildman–Crippen LogP) is 2.14. The molecule has 3 nitrogen and oxygen atoms in total. The fourth-order valence-electron chi connectivity index (χ4n) is 3.25. The molecule has 0 aromatic heterocycles. The standard InChI is InChI=1S/C16H22N2O/c19-16(11-15-7-4-9-17-15)18-10-8-14(12-18)13-5-2-1-3-6-13/h1-3,5-6,14-15,17H,4,7-12H2. The van der Waals surface area contributed by atoms with E-state index in [4.69, 9.17) is 0 Å². The summed E-state index contributed by atoms with van der Waals surface area (Å²) in [5.74, 6) is 0.861. The van der Waals surface area contributed by atoms with E-state index >= 15 is 0 Å². The van der Waals surface area contributed by atoms with Crippen molar-refractivity contribution in [1.82, 2.24) is 10.2 Å². The summed E-state index contributed by atoms with van der Waals surface area (Å²) in [6, 6.07) is 11.0. The van der Waals surface area contributed by atoms with Crippen molar-refractivity contribution in [3.05, 3.63) is 35.9 Å². The molecular formula is C16H22N2O. The van der Waals surface area contributed by atoms with Crippen LogP contribution in [0.15, 0.2) is 30.3 Å². The first kappa shape index (κ1) is 12.7. The molecule has 3 heteroatoms. The fraction of sp³-hybridized carbons (Fsp3) is 0.562. The van der Waals surface area contributed by atoms with Gasteiger partial charge in [0.15, 0.2) is 0 Å². The maximum Gasteiger partial charge on any atom is 0.224 e.